The molecule has 1 unspecified atom stereocenters. The van der Waals surface area contributed by atoms with Crippen LogP contribution >= 0.6 is 0 Å². The Bertz CT molecular complexity index is 543. The molecule has 0 radical (unpaired) electrons. The van der Waals surface area contributed by atoms with E-state index in [0.29, 0.717) is 11.7 Å². The van der Waals surface area contributed by atoms with Crippen LogP contribution in [0.15, 0.2) is 23.1 Å². The second-order valence-electron chi connectivity index (χ2n) is 5.11. The molecule has 114 valence electrons. The van der Waals surface area contributed by atoms with Crippen LogP contribution in [-0.4, -0.2) is 21.0 Å². The van der Waals surface area contributed by atoms with Crippen molar-refractivity contribution in [3.05, 3.63) is 18.2 Å². The van der Waals surface area contributed by atoms with Crippen LogP contribution in [0, 0.1) is 0 Å². The topological polar surface area (TPSA) is 89.4 Å². The zero-order valence-electron chi connectivity index (χ0n) is 12.5. The van der Waals surface area contributed by atoms with Gasteiger partial charge in [-0.15, -0.1) is 0 Å². The van der Waals surface area contributed by atoms with E-state index < -0.39 is 10.0 Å². The standard InChI is InChI=1S/C14H25N3O2S/c1-4-6-7-17(11(3)5-2)13-8-12(15)9-14(10-13)20(16,18)19/h8-11H,4-7,15H2,1-3H3,(H2,16,18,19). The average molecular weight is 299 g/mol. The van der Waals surface area contributed by atoms with Crippen molar-refractivity contribution >= 4 is 21.4 Å². The smallest absolute Gasteiger partial charge is 0.238 e. The van der Waals surface area contributed by atoms with Crippen LogP contribution < -0.4 is 15.8 Å². The highest BCUT2D eigenvalue weighted by Gasteiger charge is 2.16. The van der Waals surface area contributed by atoms with Crippen molar-refractivity contribution in [3.63, 3.8) is 0 Å². The van der Waals surface area contributed by atoms with Crippen LogP contribution in [0.5, 0.6) is 0 Å². The quantitative estimate of drug-likeness (QED) is 0.756. The molecule has 1 aromatic rings. The fraction of sp³-hybridized carbons (Fsp3) is 0.571. The lowest BCUT2D eigenvalue weighted by atomic mass is 10.1. The maximum atomic E-state index is 11.5. The number of hydrogen-bond donors (Lipinski definition) is 2. The Hall–Kier alpha value is -1.27. The highest BCUT2D eigenvalue weighted by atomic mass is 32.2. The number of primary sulfonamides is 1. The SMILES string of the molecule is CCCCN(c1cc(N)cc(S(N)(=O)=O)c1)C(C)CC. The van der Waals surface area contributed by atoms with Gasteiger partial charge in [0.05, 0.1) is 4.90 Å². The van der Waals surface area contributed by atoms with Gasteiger partial charge in [-0.05, 0) is 38.0 Å². The van der Waals surface area contributed by atoms with Crippen LogP contribution in [0.25, 0.3) is 0 Å². The van der Waals surface area contributed by atoms with E-state index >= 15 is 0 Å². The molecule has 0 bridgehead atoms. The summed E-state index contributed by atoms with van der Waals surface area (Å²) in [6, 6.07) is 5.12. The van der Waals surface area contributed by atoms with Gasteiger partial charge < -0.3 is 10.6 Å². The second kappa shape index (κ2) is 6.95. The van der Waals surface area contributed by atoms with E-state index in [1.165, 1.54) is 6.07 Å². The van der Waals surface area contributed by atoms with E-state index in [2.05, 4.69) is 25.7 Å². The van der Waals surface area contributed by atoms with Crippen LogP contribution in [-0.2, 0) is 10.0 Å². The molecule has 1 aromatic carbocycles. The Labute approximate surface area is 122 Å². The molecule has 1 rings (SSSR count). The van der Waals surface area contributed by atoms with Gasteiger partial charge in [0.2, 0.25) is 10.0 Å². The summed E-state index contributed by atoms with van der Waals surface area (Å²) in [6.45, 7) is 7.23. The first-order chi connectivity index (χ1) is 9.29. The van der Waals surface area contributed by atoms with Gasteiger partial charge in [0, 0.05) is 24.0 Å². The molecule has 4 N–H and O–H groups in total. The number of nitrogens with two attached hydrogens (primary N) is 2. The summed E-state index contributed by atoms with van der Waals surface area (Å²) in [5.41, 5.74) is 7.05. The van der Waals surface area contributed by atoms with E-state index in [1.807, 2.05) is 0 Å². The molecule has 0 fully saturated rings. The lowest BCUT2D eigenvalue weighted by Crippen LogP contribution is -2.33. The highest BCUT2D eigenvalue weighted by Crippen LogP contribution is 2.25. The first kappa shape index (κ1) is 16.8. The fourth-order valence-corrected chi connectivity index (χ4v) is 2.67. The van der Waals surface area contributed by atoms with Gasteiger partial charge in [-0.2, -0.15) is 0 Å². The molecule has 0 aliphatic carbocycles. The molecule has 6 heteroatoms. The third-order valence-electron chi connectivity index (χ3n) is 3.45. The van der Waals surface area contributed by atoms with Crippen molar-refractivity contribution in [1.82, 2.24) is 0 Å². The number of unbranched alkanes of at least 4 members (excludes halogenated alkanes) is 1. The molecule has 20 heavy (non-hydrogen) atoms. The van der Waals surface area contributed by atoms with Gasteiger partial charge in [0.15, 0.2) is 0 Å². The maximum absolute atomic E-state index is 11.5. The predicted molar refractivity (Wildman–Crippen MR) is 84.2 cm³/mol. The molecule has 0 saturated carbocycles. The first-order valence-corrected chi connectivity index (χ1v) is 8.54. The highest BCUT2D eigenvalue weighted by molar-refractivity contribution is 7.89. The van der Waals surface area contributed by atoms with Crippen LogP contribution in [0.4, 0.5) is 11.4 Å². The van der Waals surface area contributed by atoms with E-state index in [9.17, 15) is 8.42 Å². The Morgan fingerprint density at radius 1 is 1.25 bits per heavy atom. The predicted octanol–water partition coefficient (Wildman–Crippen LogP) is 2.32. The minimum atomic E-state index is -3.74. The van der Waals surface area contributed by atoms with Crippen LogP contribution in [0.3, 0.4) is 0 Å². The number of hydrogen-bond acceptors (Lipinski definition) is 4. The second-order valence-corrected chi connectivity index (χ2v) is 6.67. The Kier molecular flexibility index (Phi) is 5.83. The lowest BCUT2D eigenvalue weighted by molar-refractivity contribution is 0.592. The van der Waals surface area contributed by atoms with Crippen molar-refractivity contribution in [2.24, 2.45) is 5.14 Å². The third kappa shape index (κ3) is 4.38. The van der Waals surface area contributed by atoms with Gasteiger partial charge in [-0.25, -0.2) is 13.6 Å². The summed E-state index contributed by atoms with van der Waals surface area (Å²) < 4.78 is 23.0. The van der Waals surface area contributed by atoms with Gasteiger partial charge >= 0.3 is 0 Å². The van der Waals surface area contributed by atoms with Gasteiger partial charge in [-0.1, -0.05) is 20.3 Å². The molecule has 0 amide bonds. The summed E-state index contributed by atoms with van der Waals surface area (Å²) in [5, 5.41) is 5.20. The van der Waals surface area contributed by atoms with Gasteiger partial charge in [0.1, 0.15) is 0 Å². The zero-order chi connectivity index (χ0) is 15.3. The number of nitrogen functional groups attached to an aromatic ring is 1. The van der Waals surface area contributed by atoms with Gasteiger partial charge in [0.25, 0.3) is 0 Å². The summed E-state index contributed by atoms with van der Waals surface area (Å²) in [7, 11) is -3.74. The van der Waals surface area contributed by atoms with E-state index in [0.717, 1.165) is 31.5 Å². The van der Waals surface area contributed by atoms with Gasteiger partial charge in [-0.3, -0.25) is 0 Å². The summed E-state index contributed by atoms with van der Waals surface area (Å²) in [5.74, 6) is 0. The molecule has 0 spiro atoms. The Morgan fingerprint density at radius 3 is 2.40 bits per heavy atom. The first-order valence-electron chi connectivity index (χ1n) is 6.99. The van der Waals surface area contributed by atoms with Crippen molar-refractivity contribution in [2.45, 2.75) is 51.0 Å². The molecule has 1 atom stereocenters. The monoisotopic (exact) mass is 299 g/mol. The number of anilines is 2. The molecule has 5 nitrogen and oxygen atoms in total. The number of benzene rings is 1. The fourth-order valence-electron chi connectivity index (χ4n) is 2.09. The Morgan fingerprint density at radius 2 is 1.90 bits per heavy atom. The summed E-state index contributed by atoms with van der Waals surface area (Å²) >= 11 is 0. The minimum Gasteiger partial charge on any atom is -0.399 e. The number of sulfonamides is 1. The number of nitrogens with zero attached hydrogens (tertiary/aromatic N) is 1. The van der Waals surface area contributed by atoms with E-state index in [4.69, 9.17) is 10.9 Å². The van der Waals surface area contributed by atoms with Crippen LogP contribution in [0.2, 0.25) is 0 Å². The van der Waals surface area contributed by atoms with E-state index in [1.54, 1.807) is 12.1 Å². The van der Waals surface area contributed by atoms with E-state index in [-0.39, 0.29) is 4.90 Å². The molecular weight excluding hydrogens is 274 g/mol. The molecule has 0 heterocycles. The number of rotatable bonds is 7. The normalized spacial score (nSPS) is 13.2. The lowest BCUT2D eigenvalue weighted by Gasteiger charge is -2.31. The molecule has 0 aliphatic rings. The maximum Gasteiger partial charge on any atom is 0.238 e. The van der Waals surface area contributed by atoms with Crippen LogP contribution in [0.1, 0.15) is 40.0 Å². The summed E-state index contributed by atoms with van der Waals surface area (Å²) in [4.78, 5) is 2.26. The van der Waals surface area contributed by atoms with Crippen molar-refractivity contribution in [3.8, 4) is 0 Å². The minimum absolute atomic E-state index is 0.0669. The molecule has 0 aromatic heterocycles. The average Bonchev–Trinajstić information content (AvgIpc) is 2.37. The largest absolute Gasteiger partial charge is 0.399 e. The third-order valence-corrected chi connectivity index (χ3v) is 4.34. The van der Waals surface area contributed by atoms with Crippen molar-refractivity contribution in [1.29, 1.82) is 0 Å². The molecule has 0 aliphatic heterocycles. The van der Waals surface area contributed by atoms with Crippen molar-refractivity contribution < 1.29 is 8.42 Å². The molecular formula is C14H25N3O2S. The summed E-state index contributed by atoms with van der Waals surface area (Å²) in [6.07, 6.45) is 3.10. The zero-order valence-corrected chi connectivity index (χ0v) is 13.3. The Balaban J connectivity index is 3.22. The van der Waals surface area contributed by atoms with Crippen molar-refractivity contribution in [2.75, 3.05) is 17.2 Å². The molecule has 0 saturated heterocycles.